The van der Waals surface area contributed by atoms with Gasteiger partial charge in [-0.1, -0.05) is 23.7 Å². The van der Waals surface area contributed by atoms with Crippen molar-refractivity contribution in [3.05, 3.63) is 57.5 Å². The number of methoxy groups -OCH3 is 1. The molecule has 0 unspecified atom stereocenters. The van der Waals surface area contributed by atoms with Gasteiger partial charge in [0.25, 0.3) is 0 Å². The second-order valence-electron chi connectivity index (χ2n) is 4.61. The molecule has 0 heterocycles. The van der Waals surface area contributed by atoms with E-state index in [1.807, 2.05) is 42.5 Å². The van der Waals surface area contributed by atoms with E-state index in [-0.39, 0.29) is 0 Å². The summed E-state index contributed by atoms with van der Waals surface area (Å²) >= 11 is 14.7. The number of anilines is 1. The largest absolute Gasteiger partial charge is 0.496 e. The van der Waals surface area contributed by atoms with Crippen LogP contribution in [0.15, 0.2) is 46.9 Å². The minimum absolute atomic E-state index is 0.579. The van der Waals surface area contributed by atoms with Crippen LogP contribution in [0.1, 0.15) is 5.56 Å². The van der Waals surface area contributed by atoms with E-state index in [0.717, 1.165) is 28.9 Å². The Kier molecular flexibility index (Phi) is 6.49. The molecule has 0 aliphatic carbocycles. The molecule has 2 rings (SSSR count). The molecule has 2 N–H and O–H groups in total. The topological polar surface area (TPSA) is 33.3 Å². The molecule has 0 aromatic heterocycles. The van der Waals surface area contributed by atoms with Gasteiger partial charge in [-0.15, -0.1) is 0 Å². The van der Waals surface area contributed by atoms with Crippen molar-refractivity contribution >= 4 is 50.5 Å². The highest BCUT2D eigenvalue weighted by Crippen LogP contribution is 2.25. The Bertz CT molecular complexity index is 666. The average Bonchev–Trinajstić information content (AvgIpc) is 2.47. The molecular weight excluding hydrogens is 384 g/mol. The molecule has 0 bridgehead atoms. The smallest absolute Gasteiger partial charge is 0.170 e. The van der Waals surface area contributed by atoms with Crippen molar-refractivity contribution < 1.29 is 4.74 Å². The summed E-state index contributed by atoms with van der Waals surface area (Å²) in [4.78, 5) is 0. The van der Waals surface area contributed by atoms with Crippen molar-refractivity contribution in [1.29, 1.82) is 0 Å². The zero-order valence-corrected chi connectivity index (χ0v) is 15.2. The Labute approximate surface area is 149 Å². The van der Waals surface area contributed by atoms with Crippen molar-refractivity contribution in [1.82, 2.24) is 5.32 Å². The van der Waals surface area contributed by atoms with E-state index in [9.17, 15) is 0 Å². The summed E-state index contributed by atoms with van der Waals surface area (Å²) < 4.78 is 6.17. The molecule has 0 aliphatic heterocycles. The molecule has 0 amide bonds. The number of benzene rings is 2. The first-order chi connectivity index (χ1) is 10.6. The van der Waals surface area contributed by atoms with E-state index < -0.39 is 0 Å². The monoisotopic (exact) mass is 398 g/mol. The minimum Gasteiger partial charge on any atom is -0.496 e. The number of hydrogen-bond donors (Lipinski definition) is 2. The van der Waals surface area contributed by atoms with Crippen LogP contribution in [0.4, 0.5) is 5.69 Å². The minimum atomic E-state index is 0.579. The summed E-state index contributed by atoms with van der Waals surface area (Å²) in [6.07, 6.45) is 0.861. The predicted molar refractivity (Wildman–Crippen MR) is 100 cm³/mol. The Hall–Kier alpha value is -1.30. The van der Waals surface area contributed by atoms with E-state index in [1.165, 1.54) is 5.56 Å². The predicted octanol–water partition coefficient (Wildman–Crippen LogP) is 4.64. The zero-order chi connectivity index (χ0) is 15.9. The summed E-state index contributed by atoms with van der Waals surface area (Å²) in [5.41, 5.74) is 2.07. The Morgan fingerprint density at radius 1 is 1.27 bits per heavy atom. The summed E-state index contributed by atoms with van der Waals surface area (Å²) in [7, 11) is 1.65. The molecule has 0 fully saturated rings. The van der Waals surface area contributed by atoms with Gasteiger partial charge in [0.15, 0.2) is 5.11 Å². The quantitative estimate of drug-likeness (QED) is 0.718. The van der Waals surface area contributed by atoms with Gasteiger partial charge in [-0.2, -0.15) is 0 Å². The Morgan fingerprint density at radius 2 is 2.09 bits per heavy atom. The first kappa shape index (κ1) is 17.1. The second-order valence-corrected chi connectivity index (χ2v) is 6.31. The molecule has 2 aromatic carbocycles. The van der Waals surface area contributed by atoms with Crippen molar-refractivity contribution in [2.24, 2.45) is 0 Å². The lowest BCUT2D eigenvalue weighted by Crippen LogP contribution is -2.30. The highest BCUT2D eigenvalue weighted by molar-refractivity contribution is 9.10. The molecule has 6 heteroatoms. The molecule has 0 atom stereocenters. The normalized spacial score (nSPS) is 10.1. The van der Waals surface area contributed by atoms with Crippen LogP contribution in [-0.4, -0.2) is 18.8 Å². The maximum absolute atomic E-state index is 5.93. The molecule has 0 aliphatic rings. The van der Waals surface area contributed by atoms with Gasteiger partial charge >= 0.3 is 0 Å². The number of thiocarbonyl (C=S) groups is 1. The fraction of sp³-hybridized carbons (Fsp3) is 0.188. The van der Waals surface area contributed by atoms with Crippen molar-refractivity contribution in [3.63, 3.8) is 0 Å². The molecule has 0 saturated carbocycles. The average molecular weight is 400 g/mol. The molecule has 3 nitrogen and oxygen atoms in total. The molecule has 22 heavy (non-hydrogen) atoms. The first-order valence-corrected chi connectivity index (χ1v) is 8.29. The van der Waals surface area contributed by atoms with E-state index in [1.54, 1.807) is 7.11 Å². The lowest BCUT2D eigenvalue weighted by atomic mass is 10.1. The van der Waals surface area contributed by atoms with Gasteiger partial charge in [0, 0.05) is 17.3 Å². The highest BCUT2D eigenvalue weighted by atomic mass is 79.9. The lowest BCUT2D eigenvalue weighted by molar-refractivity contribution is 0.412. The van der Waals surface area contributed by atoms with E-state index in [0.29, 0.717) is 10.1 Å². The maximum atomic E-state index is 5.93. The van der Waals surface area contributed by atoms with Crippen LogP contribution in [0.25, 0.3) is 0 Å². The number of hydrogen-bond acceptors (Lipinski definition) is 2. The van der Waals surface area contributed by atoms with Crippen LogP contribution in [0, 0.1) is 0 Å². The van der Waals surface area contributed by atoms with Crippen molar-refractivity contribution in [3.8, 4) is 5.75 Å². The number of ether oxygens (including phenoxy) is 1. The van der Waals surface area contributed by atoms with Gasteiger partial charge < -0.3 is 15.4 Å². The summed E-state index contributed by atoms with van der Waals surface area (Å²) in [6, 6.07) is 13.5. The number of rotatable bonds is 5. The fourth-order valence-electron chi connectivity index (χ4n) is 1.93. The van der Waals surface area contributed by atoms with Crippen LogP contribution in [-0.2, 0) is 6.42 Å². The molecule has 2 aromatic rings. The van der Waals surface area contributed by atoms with Gasteiger partial charge in [-0.25, -0.2) is 0 Å². The SMILES string of the molecule is COc1ccc(CCNC(=S)Nc2cccc(Cl)c2)cc1Br. The van der Waals surface area contributed by atoms with Gasteiger partial charge in [0.2, 0.25) is 0 Å². The van der Waals surface area contributed by atoms with Gasteiger partial charge in [-0.3, -0.25) is 0 Å². The van der Waals surface area contributed by atoms with Gasteiger partial charge in [0.05, 0.1) is 11.6 Å². The van der Waals surface area contributed by atoms with Gasteiger partial charge in [0.1, 0.15) is 5.75 Å². The van der Waals surface area contributed by atoms with Crippen LogP contribution in [0.2, 0.25) is 5.02 Å². The van der Waals surface area contributed by atoms with E-state index in [4.69, 9.17) is 28.6 Å². The fourth-order valence-corrected chi connectivity index (χ4v) is 2.93. The third kappa shape index (κ3) is 5.16. The molecule has 116 valence electrons. The van der Waals surface area contributed by atoms with Crippen molar-refractivity contribution in [2.75, 3.05) is 19.0 Å². The van der Waals surface area contributed by atoms with Gasteiger partial charge in [-0.05, 0) is 70.5 Å². The number of nitrogens with one attached hydrogen (secondary N) is 2. The van der Waals surface area contributed by atoms with Crippen LogP contribution < -0.4 is 15.4 Å². The molecule has 0 spiro atoms. The van der Waals surface area contributed by atoms with Crippen molar-refractivity contribution in [2.45, 2.75) is 6.42 Å². The summed E-state index contributed by atoms with van der Waals surface area (Å²) in [5.74, 6) is 0.829. The summed E-state index contributed by atoms with van der Waals surface area (Å²) in [6.45, 7) is 0.741. The third-order valence-corrected chi connectivity index (χ3v) is 4.10. The Balaban J connectivity index is 1.81. The second kappa shape index (κ2) is 8.36. The highest BCUT2D eigenvalue weighted by Gasteiger charge is 2.02. The van der Waals surface area contributed by atoms with E-state index >= 15 is 0 Å². The lowest BCUT2D eigenvalue weighted by Gasteiger charge is -2.11. The third-order valence-electron chi connectivity index (χ3n) is 3.00. The van der Waals surface area contributed by atoms with Crippen LogP contribution in [0.3, 0.4) is 0 Å². The first-order valence-electron chi connectivity index (χ1n) is 6.71. The standard InChI is InChI=1S/C16H16BrClN2OS/c1-21-15-6-5-11(9-14(15)17)7-8-19-16(22)20-13-4-2-3-12(18)10-13/h2-6,9-10H,7-8H2,1H3,(H2,19,20,22). The Morgan fingerprint density at radius 3 is 2.77 bits per heavy atom. The summed E-state index contributed by atoms with van der Waals surface area (Å²) in [5, 5.41) is 7.54. The zero-order valence-electron chi connectivity index (χ0n) is 12.0. The molecular formula is C16H16BrClN2OS. The van der Waals surface area contributed by atoms with E-state index in [2.05, 4.69) is 26.6 Å². The number of halogens is 2. The van der Waals surface area contributed by atoms with Crippen LogP contribution in [0.5, 0.6) is 5.75 Å². The maximum Gasteiger partial charge on any atom is 0.170 e. The molecule has 0 radical (unpaired) electrons. The van der Waals surface area contributed by atoms with Crippen LogP contribution >= 0.6 is 39.7 Å². The molecule has 0 saturated heterocycles.